The molecule has 0 fully saturated rings. The summed E-state index contributed by atoms with van der Waals surface area (Å²) in [5.41, 5.74) is 9.29. The van der Waals surface area contributed by atoms with E-state index >= 15 is 0 Å². The van der Waals surface area contributed by atoms with Crippen LogP contribution in [0.5, 0.6) is 0 Å². The first-order valence-corrected chi connectivity index (χ1v) is 12.0. The SMILES string of the molecule is Cc1cc(C)c(N=Cc2cccc(N3[C]N(c4c(C(C)C)cccc4C(C)C)C=C3)n2)c(C)c1. The van der Waals surface area contributed by atoms with Crippen molar-refractivity contribution in [3.63, 3.8) is 0 Å². The number of aryl methyl sites for hydroxylation is 3. The maximum absolute atomic E-state index is 4.83. The summed E-state index contributed by atoms with van der Waals surface area (Å²) in [6.07, 6.45) is 5.92. The topological polar surface area (TPSA) is 31.7 Å². The fraction of sp³-hybridized carbons (Fsp3) is 0.300. The minimum atomic E-state index is 0.421. The van der Waals surface area contributed by atoms with Gasteiger partial charge in [0.1, 0.15) is 5.82 Å². The van der Waals surface area contributed by atoms with Gasteiger partial charge in [-0.2, -0.15) is 0 Å². The van der Waals surface area contributed by atoms with E-state index in [0.29, 0.717) is 11.8 Å². The van der Waals surface area contributed by atoms with Crippen LogP contribution < -0.4 is 9.80 Å². The van der Waals surface area contributed by atoms with Crippen molar-refractivity contribution in [3.8, 4) is 0 Å². The van der Waals surface area contributed by atoms with Crippen LogP contribution in [0.2, 0.25) is 0 Å². The summed E-state index contributed by atoms with van der Waals surface area (Å²) in [5.74, 6) is 1.65. The highest BCUT2D eigenvalue weighted by Crippen LogP contribution is 2.38. The molecule has 0 aliphatic carbocycles. The number of hydrogen-bond acceptors (Lipinski definition) is 4. The van der Waals surface area contributed by atoms with Gasteiger partial charge in [-0.25, -0.2) is 4.98 Å². The number of pyridine rings is 1. The van der Waals surface area contributed by atoms with E-state index in [1.807, 2.05) is 35.5 Å². The zero-order valence-corrected chi connectivity index (χ0v) is 21.3. The van der Waals surface area contributed by atoms with Crippen molar-refractivity contribution in [2.45, 2.75) is 60.3 Å². The Morgan fingerprint density at radius 1 is 0.824 bits per heavy atom. The van der Waals surface area contributed by atoms with Gasteiger partial charge >= 0.3 is 0 Å². The van der Waals surface area contributed by atoms with Gasteiger partial charge in [-0.3, -0.25) is 9.89 Å². The summed E-state index contributed by atoms with van der Waals surface area (Å²) in [6.45, 7) is 18.8. The van der Waals surface area contributed by atoms with Crippen molar-refractivity contribution in [2.75, 3.05) is 9.80 Å². The number of para-hydroxylation sites is 1. The van der Waals surface area contributed by atoms with Gasteiger partial charge in [0.05, 0.1) is 23.3 Å². The van der Waals surface area contributed by atoms with Crippen LogP contribution in [0.15, 0.2) is 65.9 Å². The number of aliphatic imine (C=N–C) groups is 1. The third-order valence-corrected chi connectivity index (χ3v) is 6.13. The summed E-state index contributed by atoms with van der Waals surface area (Å²) in [7, 11) is 0. The molecule has 2 aromatic carbocycles. The van der Waals surface area contributed by atoms with E-state index in [1.165, 1.54) is 33.5 Å². The molecule has 2 heterocycles. The summed E-state index contributed by atoms with van der Waals surface area (Å²) < 4.78 is 0. The molecule has 0 bridgehead atoms. The molecule has 2 radical (unpaired) electrons. The fourth-order valence-electron chi connectivity index (χ4n) is 4.51. The Labute approximate surface area is 204 Å². The molecule has 0 unspecified atom stereocenters. The van der Waals surface area contributed by atoms with Crippen molar-refractivity contribution < 1.29 is 0 Å². The third kappa shape index (κ3) is 4.91. The predicted octanol–water partition coefficient (Wildman–Crippen LogP) is 7.80. The number of rotatable bonds is 6. The molecule has 3 aromatic rings. The van der Waals surface area contributed by atoms with Gasteiger partial charge in [0, 0.05) is 12.4 Å². The monoisotopic (exact) mass is 450 g/mol. The van der Waals surface area contributed by atoms with E-state index in [9.17, 15) is 0 Å². The molecule has 4 heteroatoms. The van der Waals surface area contributed by atoms with Crippen LogP contribution in [0.4, 0.5) is 17.2 Å². The average molecular weight is 451 g/mol. The molecule has 0 N–H and O–H groups in total. The highest BCUT2D eigenvalue weighted by molar-refractivity contribution is 5.81. The van der Waals surface area contributed by atoms with E-state index in [4.69, 9.17) is 9.98 Å². The second kappa shape index (κ2) is 9.84. The lowest BCUT2D eigenvalue weighted by molar-refractivity contribution is 0.826. The van der Waals surface area contributed by atoms with Gasteiger partial charge in [0.25, 0.3) is 0 Å². The van der Waals surface area contributed by atoms with Gasteiger partial charge in [0.2, 0.25) is 6.67 Å². The van der Waals surface area contributed by atoms with Gasteiger partial charge in [-0.1, -0.05) is 69.7 Å². The number of aromatic nitrogens is 1. The molecular formula is C30H34N4. The minimum Gasteiger partial charge on any atom is -0.314 e. The van der Waals surface area contributed by atoms with E-state index < -0.39 is 0 Å². The molecule has 0 saturated carbocycles. The molecule has 0 saturated heterocycles. The molecular weight excluding hydrogens is 416 g/mol. The van der Waals surface area contributed by atoms with Crippen molar-refractivity contribution in [1.82, 2.24) is 4.98 Å². The molecule has 4 nitrogen and oxygen atoms in total. The summed E-state index contributed by atoms with van der Waals surface area (Å²) in [6, 6.07) is 16.9. The zero-order valence-electron chi connectivity index (χ0n) is 21.3. The highest BCUT2D eigenvalue weighted by Gasteiger charge is 2.25. The first-order valence-electron chi connectivity index (χ1n) is 12.0. The number of anilines is 2. The maximum Gasteiger partial charge on any atom is 0.219 e. The van der Waals surface area contributed by atoms with Crippen LogP contribution in [-0.2, 0) is 0 Å². The highest BCUT2D eigenvalue weighted by atomic mass is 15.4. The maximum atomic E-state index is 4.83. The smallest absolute Gasteiger partial charge is 0.219 e. The summed E-state index contributed by atoms with van der Waals surface area (Å²) in [5, 5.41) is 0. The van der Waals surface area contributed by atoms with E-state index in [-0.39, 0.29) is 0 Å². The van der Waals surface area contributed by atoms with E-state index in [2.05, 4.69) is 96.6 Å². The molecule has 34 heavy (non-hydrogen) atoms. The van der Waals surface area contributed by atoms with Crippen molar-refractivity contribution >= 4 is 23.4 Å². The van der Waals surface area contributed by atoms with Crippen LogP contribution >= 0.6 is 0 Å². The Bertz CT molecular complexity index is 1190. The van der Waals surface area contributed by atoms with E-state index in [0.717, 1.165) is 17.2 Å². The summed E-state index contributed by atoms with van der Waals surface area (Å²) in [4.78, 5) is 13.6. The van der Waals surface area contributed by atoms with Crippen LogP contribution in [0.25, 0.3) is 0 Å². The minimum absolute atomic E-state index is 0.421. The van der Waals surface area contributed by atoms with Gasteiger partial charge in [-0.15, -0.1) is 0 Å². The Kier molecular flexibility index (Phi) is 6.87. The number of hydrogen-bond donors (Lipinski definition) is 0. The first kappa shape index (κ1) is 23.7. The fourth-order valence-corrected chi connectivity index (χ4v) is 4.51. The first-order chi connectivity index (χ1) is 16.2. The van der Waals surface area contributed by atoms with Crippen LogP contribution in [0.1, 0.15) is 73.0 Å². The zero-order chi connectivity index (χ0) is 24.4. The van der Waals surface area contributed by atoms with E-state index in [1.54, 1.807) is 0 Å². The van der Waals surface area contributed by atoms with Gasteiger partial charge in [-0.05, 0) is 67.0 Å². The molecule has 1 aliphatic heterocycles. The second-order valence-corrected chi connectivity index (χ2v) is 9.66. The molecule has 0 spiro atoms. The largest absolute Gasteiger partial charge is 0.314 e. The average Bonchev–Trinajstić information content (AvgIpc) is 3.28. The Balaban J connectivity index is 1.58. The molecule has 1 aliphatic rings. The Hall–Kier alpha value is -3.40. The Morgan fingerprint density at radius 3 is 2.03 bits per heavy atom. The Morgan fingerprint density at radius 2 is 1.41 bits per heavy atom. The lowest BCUT2D eigenvalue weighted by atomic mass is 9.92. The summed E-state index contributed by atoms with van der Waals surface area (Å²) >= 11 is 0. The van der Waals surface area contributed by atoms with Crippen molar-refractivity contribution in [2.24, 2.45) is 4.99 Å². The van der Waals surface area contributed by atoms with Crippen molar-refractivity contribution in [1.29, 1.82) is 0 Å². The van der Waals surface area contributed by atoms with Gasteiger partial charge in [0.15, 0.2) is 0 Å². The van der Waals surface area contributed by atoms with Crippen LogP contribution in [0, 0.1) is 27.4 Å². The molecule has 1 aromatic heterocycles. The molecule has 4 rings (SSSR count). The normalized spacial score (nSPS) is 13.8. The second-order valence-electron chi connectivity index (χ2n) is 9.66. The quantitative estimate of drug-likeness (QED) is 0.359. The number of benzene rings is 2. The number of nitrogens with zero attached hydrogens (tertiary/aromatic N) is 4. The van der Waals surface area contributed by atoms with Crippen LogP contribution in [-0.4, -0.2) is 11.2 Å². The van der Waals surface area contributed by atoms with Gasteiger partial charge < -0.3 is 4.90 Å². The lowest BCUT2D eigenvalue weighted by Crippen LogP contribution is -2.21. The predicted molar refractivity (Wildman–Crippen MR) is 144 cm³/mol. The molecule has 0 atom stereocenters. The third-order valence-electron chi connectivity index (χ3n) is 6.13. The molecule has 0 amide bonds. The molecule has 174 valence electrons. The van der Waals surface area contributed by atoms with Crippen LogP contribution in [0.3, 0.4) is 0 Å². The standard InChI is InChI=1S/C30H34N4/c1-20(2)26-11-9-12-27(21(3)4)30(26)34-15-14-33(19-34)28-13-8-10-25(32-28)18-31-29-23(6)16-22(5)17-24(29)7/h8-18,20-21H,1-7H3. The lowest BCUT2D eigenvalue weighted by Gasteiger charge is -2.26. The van der Waals surface area contributed by atoms with Crippen molar-refractivity contribution in [3.05, 3.63) is 101 Å².